The van der Waals surface area contributed by atoms with Gasteiger partial charge < -0.3 is 9.72 Å². The van der Waals surface area contributed by atoms with Crippen LogP contribution in [0.2, 0.25) is 0 Å². The molecule has 6 nitrogen and oxygen atoms in total. The summed E-state index contributed by atoms with van der Waals surface area (Å²) in [6, 6.07) is -0.260. The zero-order chi connectivity index (χ0) is 18.8. The molecule has 0 saturated carbocycles. The van der Waals surface area contributed by atoms with Gasteiger partial charge in [0.15, 0.2) is 0 Å². The minimum atomic E-state index is -3.31. The molecule has 0 aliphatic heterocycles. The summed E-state index contributed by atoms with van der Waals surface area (Å²) in [5.41, 5.74) is -0.509. The largest absolute Gasteiger partial charge is 0.377 e. The second kappa shape index (κ2) is 7.54. The van der Waals surface area contributed by atoms with Crippen LogP contribution < -0.4 is 0 Å². The highest BCUT2D eigenvalue weighted by Crippen LogP contribution is 2.39. The van der Waals surface area contributed by atoms with E-state index in [1.807, 2.05) is 20.0 Å². The molecular formula is C17H33N3O3S. The number of rotatable bonds is 9. The van der Waals surface area contributed by atoms with E-state index in [0.29, 0.717) is 6.61 Å². The maximum absolute atomic E-state index is 12.1. The van der Waals surface area contributed by atoms with Gasteiger partial charge in [0, 0.05) is 24.9 Å². The monoisotopic (exact) mass is 359 g/mol. The first-order chi connectivity index (χ1) is 10.8. The predicted octanol–water partition coefficient (Wildman–Crippen LogP) is 2.79. The Bertz CT molecular complexity index is 607. The second-order valence-corrected chi connectivity index (χ2v) is 10.2. The summed E-state index contributed by atoms with van der Waals surface area (Å²) in [7, 11) is -1.68. The first-order valence-electron chi connectivity index (χ1n) is 8.32. The number of H-pyrrole nitrogens is 1. The highest BCUT2D eigenvalue weighted by molar-refractivity contribution is 7.88. The van der Waals surface area contributed by atoms with Crippen molar-refractivity contribution >= 4 is 10.0 Å². The molecular weight excluding hydrogens is 326 g/mol. The Morgan fingerprint density at radius 1 is 1.29 bits per heavy atom. The van der Waals surface area contributed by atoms with Crippen LogP contribution in [0.4, 0.5) is 0 Å². The molecule has 0 aromatic carbocycles. The van der Waals surface area contributed by atoms with Gasteiger partial charge in [-0.2, -0.15) is 4.31 Å². The van der Waals surface area contributed by atoms with Gasteiger partial charge in [-0.05, 0) is 25.7 Å². The second-order valence-electron chi connectivity index (χ2n) is 8.16. The van der Waals surface area contributed by atoms with E-state index < -0.39 is 10.0 Å². The molecule has 1 unspecified atom stereocenters. The summed E-state index contributed by atoms with van der Waals surface area (Å²) >= 11 is 0. The lowest BCUT2D eigenvalue weighted by atomic mass is 9.71. The smallest absolute Gasteiger partial charge is 0.211 e. The van der Waals surface area contributed by atoms with Crippen molar-refractivity contribution in [3.05, 3.63) is 18.2 Å². The van der Waals surface area contributed by atoms with Crippen LogP contribution in [0.3, 0.4) is 0 Å². The molecule has 7 heteroatoms. The summed E-state index contributed by atoms with van der Waals surface area (Å²) in [6.45, 7) is 12.7. The fourth-order valence-electron chi connectivity index (χ4n) is 3.31. The van der Waals surface area contributed by atoms with Crippen molar-refractivity contribution < 1.29 is 13.2 Å². The zero-order valence-corrected chi connectivity index (χ0v) is 17.1. The molecule has 0 amide bonds. The average Bonchev–Trinajstić information content (AvgIpc) is 2.89. The summed E-state index contributed by atoms with van der Waals surface area (Å²) in [5, 5.41) is 0. The molecule has 24 heavy (non-hydrogen) atoms. The third-order valence-electron chi connectivity index (χ3n) is 4.49. The Hall–Kier alpha value is -0.920. The van der Waals surface area contributed by atoms with E-state index in [-0.39, 0.29) is 23.0 Å². The van der Waals surface area contributed by atoms with Gasteiger partial charge in [0.2, 0.25) is 10.0 Å². The van der Waals surface area contributed by atoms with E-state index in [1.54, 1.807) is 13.2 Å². The number of nitrogens with one attached hydrogen (secondary N) is 1. The quantitative estimate of drug-likeness (QED) is 0.735. The SMILES string of the molecule is CC(C)OCC(N(C)S(C)(=O)=O)C(C)(C)CC(C)(C)c1ncc[nH]1. The molecule has 1 aromatic rings. The van der Waals surface area contributed by atoms with E-state index in [2.05, 4.69) is 37.7 Å². The topological polar surface area (TPSA) is 75.3 Å². The molecule has 0 spiro atoms. The van der Waals surface area contributed by atoms with E-state index in [9.17, 15) is 8.42 Å². The fraction of sp³-hybridized carbons (Fsp3) is 0.824. The number of aromatic nitrogens is 2. The van der Waals surface area contributed by atoms with Crippen LogP contribution in [0.25, 0.3) is 0 Å². The van der Waals surface area contributed by atoms with Gasteiger partial charge in [-0.15, -0.1) is 0 Å². The van der Waals surface area contributed by atoms with Gasteiger partial charge in [0.1, 0.15) is 5.82 Å². The summed E-state index contributed by atoms with van der Waals surface area (Å²) in [4.78, 5) is 7.55. The number of likely N-dealkylation sites (N-methyl/N-ethyl adjacent to an activating group) is 1. The van der Waals surface area contributed by atoms with Gasteiger partial charge in [-0.25, -0.2) is 13.4 Å². The molecule has 1 rings (SSSR count). The van der Waals surface area contributed by atoms with Gasteiger partial charge in [-0.3, -0.25) is 0 Å². The van der Waals surface area contributed by atoms with Gasteiger partial charge >= 0.3 is 0 Å². The average molecular weight is 360 g/mol. The van der Waals surface area contributed by atoms with Crippen molar-refractivity contribution in [1.29, 1.82) is 0 Å². The molecule has 1 N–H and O–H groups in total. The van der Waals surface area contributed by atoms with E-state index in [1.165, 1.54) is 10.6 Å². The molecule has 0 fully saturated rings. The van der Waals surface area contributed by atoms with Crippen LogP contribution in [-0.2, 0) is 20.2 Å². The Balaban J connectivity index is 3.09. The van der Waals surface area contributed by atoms with E-state index >= 15 is 0 Å². The number of aromatic amines is 1. The fourth-order valence-corrected chi connectivity index (χ4v) is 4.12. The van der Waals surface area contributed by atoms with E-state index in [0.717, 1.165) is 12.2 Å². The molecule has 140 valence electrons. The highest BCUT2D eigenvalue weighted by atomic mass is 32.2. The lowest BCUT2D eigenvalue weighted by Crippen LogP contribution is -2.50. The Kier molecular flexibility index (Phi) is 6.63. The van der Waals surface area contributed by atoms with Crippen molar-refractivity contribution in [1.82, 2.24) is 14.3 Å². The lowest BCUT2D eigenvalue weighted by Gasteiger charge is -2.43. The molecule has 1 atom stereocenters. The maximum atomic E-state index is 12.1. The Morgan fingerprint density at radius 2 is 1.88 bits per heavy atom. The molecule has 1 aromatic heterocycles. The number of ether oxygens (including phenoxy) is 1. The molecule has 0 saturated heterocycles. The van der Waals surface area contributed by atoms with Crippen LogP contribution >= 0.6 is 0 Å². The predicted molar refractivity (Wildman–Crippen MR) is 97.5 cm³/mol. The van der Waals surface area contributed by atoms with Crippen molar-refractivity contribution in [3.8, 4) is 0 Å². The van der Waals surface area contributed by atoms with Crippen LogP contribution in [-0.4, -0.2) is 54.7 Å². The van der Waals surface area contributed by atoms with E-state index in [4.69, 9.17) is 4.74 Å². The van der Waals surface area contributed by atoms with Crippen LogP contribution in [0, 0.1) is 5.41 Å². The van der Waals surface area contributed by atoms with Crippen LogP contribution in [0.15, 0.2) is 12.4 Å². The number of hydrogen-bond acceptors (Lipinski definition) is 4. The number of imidazole rings is 1. The molecule has 0 aliphatic carbocycles. The number of nitrogens with zero attached hydrogens (tertiary/aromatic N) is 2. The number of hydrogen-bond donors (Lipinski definition) is 1. The summed E-state index contributed by atoms with van der Waals surface area (Å²) in [5.74, 6) is 0.904. The van der Waals surface area contributed by atoms with Crippen molar-refractivity contribution in [2.45, 2.75) is 65.5 Å². The highest BCUT2D eigenvalue weighted by Gasteiger charge is 2.41. The molecule has 0 bridgehead atoms. The van der Waals surface area contributed by atoms with Gasteiger partial charge in [0.05, 0.1) is 25.0 Å². The van der Waals surface area contributed by atoms with Crippen molar-refractivity contribution in [2.75, 3.05) is 19.9 Å². The number of sulfonamides is 1. The molecule has 0 radical (unpaired) electrons. The Morgan fingerprint density at radius 3 is 2.29 bits per heavy atom. The minimum Gasteiger partial charge on any atom is -0.377 e. The normalized spacial score (nSPS) is 15.2. The lowest BCUT2D eigenvalue weighted by molar-refractivity contribution is 0.00416. The third kappa shape index (κ3) is 5.57. The first-order valence-corrected chi connectivity index (χ1v) is 10.2. The van der Waals surface area contributed by atoms with Gasteiger partial charge in [-0.1, -0.05) is 27.7 Å². The maximum Gasteiger partial charge on any atom is 0.211 e. The molecule has 1 heterocycles. The molecule has 0 aliphatic rings. The van der Waals surface area contributed by atoms with Crippen molar-refractivity contribution in [3.63, 3.8) is 0 Å². The minimum absolute atomic E-state index is 0.0503. The first kappa shape index (κ1) is 21.1. The summed E-state index contributed by atoms with van der Waals surface area (Å²) < 4.78 is 31.4. The standard InChI is InChI=1S/C17H33N3O3S/c1-13(2)23-11-14(20(7)24(8,21)22)16(3,4)12-17(5,6)15-18-9-10-19-15/h9-10,13-14H,11-12H2,1-8H3,(H,18,19). The third-order valence-corrected chi connectivity index (χ3v) is 5.79. The summed E-state index contributed by atoms with van der Waals surface area (Å²) in [6.07, 6.45) is 5.61. The van der Waals surface area contributed by atoms with Crippen LogP contribution in [0.5, 0.6) is 0 Å². The zero-order valence-electron chi connectivity index (χ0n) is 16.3. The Labute approximate surface area is 147 Å². The van der Waals surface area contributed by atoms with Crippen LogP contribution in [0.1, 0.15) is 53.8 Å². The van der Waals surface area contributed by atoms with Crippen molar-refractivity contribution in [2.24, 2.45) is 5.41 Å². The van der Waals surface area contributed by atoms with Gasteiger partial charge in [0.25, 0.3) is 0 Å².